The third kappa shape index (κ3) is 2.67. The van der Waals surface area contributed by atoms with Crippen molar-refractivity contribution in [1.82, 2.24) is 9.97 Å². The molecule has 0 bridgehead atoms. The van der Waals surface area contributed by atoms with Gasteiger partial charge < -0.3 is 0 Å². The molecule has 0 aliphatic carbocycles. The van der Waals surface area contributed by atoms with Gasteiger partial charge in [0.1, 0.15) is 0 Å². The Morgan fingerprint density at radius 1 is 1.06 bits per heavy atom. The lowest BCUT2D eigenvalue weighted by Crippen LogP contribution is -1.95. The van der Waals surface area contributed by atoms with E-state index in [9.17, 15) is 4.39 Å². The first-order valence-electron chi connectivity index (χ1n) is 5.78. The molecule has 0 spiro atoms. The summed E-state index contributed by atoms with van der Waals surface area (Å²) in [6.07, 6.45) is 4.41. The molecule has 2 heterocycles. The molecule has 0 aliphatic rings. The van der Waals surface area contributed by atoms with Crippen molar-refractivity contribution in [2.24, 2.45) is 0 Å². The summed E-state index contributed by atoms with van der Waals surface area (Å²) in [5.41, 5.74) is 2.94. The predicted octanol–water partition coefficient (Wildman–Crippen LogP) is 3.80. The minimum Gasteiger partial charge on any atom is -0.260 e. The predicted molar refractivity (Wildman–Crippen MR) is 66.1 cm³/mol. The van der Waals surface area contributed by atoms with Crippen molar-refractivity contribution in [1.29, 1.82) is 0 Å². The van der Waals surface area contributed by atoms with Gasteiger partial charge in [0.25, 0.3) is 0 Å². The van der Waals surface area contributed by atoms with Crippen LogP contribution in [0.5, 0.6) is 0 Å². The Kier molecular flexibility index (Phi) is 3.47. The van der Waals surface area contributed by atoms with Crippen LogP contribution in [-0.2, 0) is 0 Å². The number of rotatable bonds is 3. The minimum atomic E-state index is -0.460. The molecule has 2 rings (SSSR count). The highest BCUT2D eigenvalue weighted by Gasteiger charge is 2.05. The second kappa shape index (κ2) is 5.04. The van der Waals surface area contributed by atoms with Gasteiger partial charge in [0.05, 0.1) is 0 Å². The summed E-state index contributed by atoms with van der Waals surface area (Å²) in [4.78, 5) is 8.06. The summed E-state index contributed by atoms with van der Waals surface area (Å²) in [6.45, 7) is 4.30. The number of halogens is 1. The van der Waals surface area contributed by atoms with Gasteiger partial charge >= 0.3 is 0 Å². The van der Waals surface area contributed by atoms with Gasteiger partial charge in [-0.2, -0.15) is 4.39 Å². The molecular weight excluding hydrogens is 215 g/mol. The molecule has 0 fully saturated rings. The van der Waals surface area contributed by atoms with E-state index in [-0.39, 0.29) is 0 Å². The first kappa shape index (κ1) is 11.7. The molecule has 0 N–H and O–H groups in total. The molecule has 17 heavy (non-hydrogen) atoms. The molecule has 0 aromatic carbocycles. The first-order valence-corrected chi connectivity index (χ1v) is 5.78. The average molecular weight is 230 g/mol. The molecule has 1 atom stereocenters. The molecule has 0 aliphatic heterocycles. The Balaban J connectivity index is 2.26. The minimum absolute atomic E-state index is 0.460. The summed E-state index contributed by atoms with van der Waals surface area (Å²) >= 11 is 0. The third-order valence-electron chi connectivity index (χ3n) is 2.96. The standard InChI is InChI=1S/C14H15FN2/c1-3-10(2)13-6-4-11(8-16-13)12-5-7-14(15)17-9-12/h4-10H,3H2,1-2H3. The fourth-order valence-corrected chi connectivity index (χ4v) is 1.62. The zero-order valence-corrected chi connectivity index (χ0v) is 10.0. The summed E-state index contributed by atoms with van der Waals surface area (Å²) in [7, 11) is 0. The smallest absolute Gasteiger partial charge is 0.212 e. The first-order chi connectivity index (χ1) is 8.20. The quantitative estimate of drug-likeness (QED) is 0.749. The van der Waals surface area contributed by atoms with Gasteiger partial charge in [0.15, 0.2) is 0 Å². The van der Waals surface area contributed by atoms with Gasteiger partial charge in [0, 0.05) is 29.2 Å². The van der Waals surface area contributed by atoms with Crippen LogP contribution in [0, 0.1) is 5.95 Å². The van der Waals surface area contributed by atoms with Crippen LogP contribution in [0.1, 0.15) is 31.9 Å². The van der Waals surface area contributed by atoms with Crippen molar-refractivity contribution in [2.75, 3.05) is 0 Å². The Morgan fingerprint density at radius 3 is 2.18 bits per heavy atom. The highest BCUT2D eigenvalue weighted by atomic mass is 19.1. The van der Waals surface area contributed by atoms with Crippen LogP contribution in [0.3, 0.4) is 0 Å². The molecule has 0 amide bonds. The zero-order valence-electron chi connectivity index (χ0n) is 10.0. The average Bonchev–Trinajstić information content (AvgIpc) is 2.39. The van der Waals surface area contributed by atoms with Crippen molar-refractivity contribution in [2.45, 2.75) is 26.2 Å². The normalized spacial score (nSPS) is 12.4. The number of nitrogens with zero attached hydrogens (tertiary/aromatic N) is 2. The molecule has 1 unspecified atom stereocenters. The van der Waals surface area contributed by atoms with Crippen molar-refractivity contribution >= 4 is 0 Å². The molecule has 88 valence electrons. The van der Waals surface area contributed by atoms with Gasteiger partial charge in [-0.1, -0.05) is 19.9 Å². The Bertz CT molecular complexity index is 477. The van der Waals surface area contributed by atoms with Crippen molar-refractivity contribution in [3.8, 4) is 11.1 Å². The van der Waals surface area contributed by atoms with Crippen LogP contribution in [-0.4, -0.2) is 9.97 Å². The summed E-state index contributed by atoms with van der Waals surface area (Å²) in [6, 6.07) is 7.09. The fraction of sp³-hybridized carbons (Fsp3) is 0.286. The summed E-state index contributed by atoms with van der Waals surface area (Å²) in [5.74, 6) is 0.00771. The second-order valence-corrected chi connectivity index (χ2v) is 4.15. The van der Waals surface area contributed by atoms with E-state index in [1.807, 2.05) is 18.3 Å². The van der Waals surface area contributed by atoms with Gasteiger partial charge in [-0.25, -0.2) is 4.98 Å². The molecule has 2 aromatic rings. The summed E-state index contributed by atoms with van der Waals surface area (Å²) < 4.78 is 12.7. The van der Waals surface area contributed by atoms with E-state index in [1.54, 1.807) is 6.07 Å². The maximum Gasteiger partial charge on any atom is 0.212 e. The lowest BCUT2D eigenvalue weighted by atomic mass is 10.0. The van der Waals surface area contributed by atoms with Gasteiger partial charge in [-0.3, -0.25) is 4.98 Å². The Labute approximate surface area is 101 Å². The third-order valence-corrected chi connectivity index (χ3v) is 2.96. The van der Waals surface area contributed by atoms with Gasteiger partial charge in [-0.05, 0) is 30.5 Å². The van der Waals surface area contributed by atoms with E-state index in [0.29, 0.717) is 5.92 Å². The van der Waals surface area contributed by atoms with Crippen LogP contribution in [0.4, 0.5) is 4.39 Å². The molecule has 0 saturated heterocycles. The van der Waals surface area contributed by atoms with Crippen LogP contribution < -0.4 is 0 Å². The lowest BCUT2D eigenvalue weighted by Gasteiger charge is -2.08. The number of aromatic nitrogens is 2. The van der Waals surface area contributed by atoms with Crippen LogP contribution in [0.25, 0.3) is 11.1 Å². The SMILES string of the molecule is CCC(C)c1ccc(-c2ccc(F)nc2)cn1. The van der Waals surface area contributed by atoms with Crippen molar-refractivity contribution < 1.29 is 4.39 Å². The molecule has 0 radical (unpaired) electrons. The highest BCUT2D eigenvalue weighted by Crippen LogP contribution is 2.21. The maximum atomic E-state index is 12.7. The van der Waals surface area contributed by atoms with E-state index in [1.165, 1.54) is 12.3 Å². The van der Waals surface area contributed by atoms with Crippen molar-refractivity contribution in [3.05, 3.63) is 48.3 Å². The molecular formula is C14H15FN2. The molecule has 3 heteroatoms. The Hall–Kier alpha value is -1.77. The van der Waals surface area contributed by atoms with E-state index in [0.717, 1.165) is 23.2 Å². The van der Waals surface area contributed by atoms with E-state index < -0.39 is 5.95 Å². The van der Waals surface area contributed by atoms with Gasteiger partial charge in [-0.15, -0.1) is 0 Å². The highest BCUT2D eigenvalue weighted by molar-refractivity contribution is 5.61. The fourth-order valence-electron chi connectivity index (χ4n) is 1.62. The Morgan fingerprint density at radius 2 is 1.71 bits per heavy atom. The van der Waals surface area contributed by atoms with E-state index >= 15 is 0 Å². The zero-order chi connectivity index (χ0) is 12.3. The molecule has 2 nitrogen and oxygen atoms in total. The lowest BCUT2D eigenvalue weighted by molar-refractivity contribution is 0.584. The summed E-state index contributed by atoms with van der Waals surface area (Å²) in [5, 5.41) is 0. The molecule has 2 aromatic heterocycles. The monoisotopic (exact) mass is 230 g/mol. The van der Waals surface area contributed by atoms with Gasteiger partial charge in [0.2, 0.25) is 5.95 Å². The van der Waals surface area contributed by atoms with Crippen LogP contribution in [0.2, 0.25) is 0 Å². The van der Waals surface area contributed by atoms with E-state index in [4.69, 9.17) is 0 Å². The number of hydrogen-bond acceptors (Lipinski definition) is 2. The maximum absolute atomic E-state index is 12.7. The van der Waals surface area contributed by atoms with Crippen molar-refractivity contribution in [3.63, 3.8) is 0 Å². The number of hydrogen-bond donors (Lipinski definition) is 0. The van der Waals surface area contributed by atoms with E-state index in [2.05, 4.69) is 23.8 Å². The topological polar surface area (TPSA) is 25.8 Å². The largest absolute Gasteiger partial charge is 0.260 e. The molecule has 0 saturated carbocycles. The number of pyridine rings is 2. The van der Waals surface area contributed by atoms with Crippen LogP contribution >= 0.6 is 0 Å². The second-order valence-electron chi connectivity index (χ2n) is 4.15. The van der Waals surface area contributed by atoms with Crippen LogP contribution in [0.15, 0.2) is 36.7 Å².